The van der Waals surface area contributed by atoms with Gasteiger partial charge in [0.1, 0.15) is 10.6 Å². The Balaban J connectivity index is 2.32. The first-order chi connectivity index (χ1) is 10.7. The van der Waals surface area contributed by atoms with Gasteiger partial charge in [-0.15, -0.1) is 0 Å². The molecule has 0 radical (unpaired) electrons. The van der Waals surface area contributed by atoms with Crippen LogP contribution in [0.2, 0.25) is 10.0 Å². The molecule has 0 atom stereocenters. The van der Waals surface area contributed by atoms with Crippen LogP contribution in [0.1, 0.15) is 6.92 Å². The lowest BCUT2D eigenvalue weighted by Crippen LogP contribution is -2.13. The van der Waals surface area contributed by atoms with Crippen molar-refractivity contribution in [1.82, 2.24) is 0 Å². The van der Waals surface area contributed by atoms with Gasteiger partial charge in [-0.05, 0) is 24.3 Å². The van der Waals surface area contributed by atoms with E-state index in [0.29, 0.717) is 0 Å². The molecule has 6 nitrogen and oxygen atoms in total. The second-order valence-electron chi connectivity index (χ2n) is 4.57. The summed E-state index contributed by atoms with van der Waals surface area (Å²) in [6.45, 7) is 1.29. The topological polar surface area (TPSA) is 95.5 Å². The second kappa shape index (κ2) is 6.66. The van der Waals surface area contributed by atoms with Crippen LogP contribution in [-0.2, 0) is 14.8 Å². The summed E-state index contributed by atoms with van der Waals surface area (Å²) >= 11 is 11.7. The van der Waals surface area contributed by atoms with Gasteiger partial charge in [0.25, 0.3) is 10.0 Å². The summed E-state index contributed by atoms with van der Waals surface area (Å²) in [6, 6.07) is 8.16. The van der Waals surface area contributed by atoms with Gasteiger partial charge in [-0.3, -0.25) is 9.52 Å². The van der Waals surface area contributed by atoms with Crippen molar-refractivity contribution in [1.29, 1.82) is 0 Å². The average Bonchev–Trinajstić information content (AvgIpc) is 2.44. The van der Waals surface area contributed by atoms with Crippen LogP contribution in [0.3, 0.4) is 0 Å². The standard InChI is InChI=1S/C14H12Cl2N2O4S/c1-8(19)17-11-6-5-9(7-12(11)20)18-23(21,22)13-4-2-3-10(15)14(13)16/h2-7,18,20H,1H3,(H,17,19). The summed E-state index contributed by atoms with van der Waals surface area (Å²) in [7, 11) is -3.98. The van der Waals surface area contributed by atoms with Gasteiger partial charge in [0.15, 0.2) is 0 Å². The van der Waals surface area contributed by atoms with Gasteiger partial charge < -0.3 is 10.4 Å². The smallest absolute Gasteiger partial charge is 0.263 e. The molecule has 0 saturated heterocycles. The summed E-state index contributed by atoms with van der Waals surface area (Å²) in [5, 5.41) is 12.2. The number of nitrogens with one attached hydrogen (secondary N) is 2. The van der Waals surface area contributed by atoms with Gasteiger partial charge >= 0.3 is 0 Å². The van der Waals surface area contributed by atoms with E-state index in [1.165, 1.54) is 43.3 Å². The van der Waals surface area contributed by atoms with Crippen molar-refractivity contribution in [2.45, 2.75) is 11.8 Å². The zero-order valence-corrected chi connectivity index (χ0v) is 14.1. The molecule has 0 saturated carbocycles. The molecule has 2 aromatic carbocycles. The monoisotopic (exact) mass is 374 g/mol. The van der Waals surface area contributed by atoms with Gasteiger partial charge in [-0.25, -0.2) is 8.42 Å². The molecule has 0 heterocycles. The number of anilines is 2. The third-order valence-electron chi connectivity index (χ3n) is 2.77. The number of halogens is 2. The highest BCUT2D eigenvalue weighted by Gasteiger charge is 2.20. The first-order valence-electron chi connectivity index (χ1n) is 6.28. The predicted molar refractivity (Wildman–Crippen MR) is 89.7 cm³/mol. The summed E-state index contributed by atoms with van der Waals surface area (Å²) in [4.78, 5) is 10.8. The Morgan fingerprint density at radius 3 is 2.48 bits per heavy atom. The number of amides is 1. The second-order valence-corrected chi connectivity index (χ2v) is 7.01. The maximum Gasteiger partial charge on any atom is 0.263 e. The summed E-state index contributed by atoms with van der Waals surface area (Å²) in [6.07, 6.45) is 0. The zero-order chi connectivity index (χ0) is 17.2. The van der Waals surface area contributed by atoms with Crippen molar-refractivity contribution in [3.63, 3.8) is 0 Å². The van der Waals surface area contributed by atoms with Crippen LogP contribution in [0.5, 0.6) is 5.75 Å². The molecule has 3 N–H and O–H groups in total. The minimum atomic E-state index is -3.98. The Morgan fingerprint density at radius 1 is 1.17 bits per heavy atom. The van der Waals surface area contributed by atoms with E-state index in [1.807, 2.05) is 0 Å². The zero-order valence-electron chi connectivity index (χ0n) is 11.8. The number of carbonyl (C=O) groups is 1. The minimum absolute atomic E-state index is 0.0965. The van der Waals surface area contributed by atoms with Gasteiger partial charge in [-0.1, -0.05) is 29.3 Å². The highest BCUT2D eigenvalue weighted by Crippen LogP contribution is 2.32. The maximum atomic E-state index is 12.3. The molecular formula is C14H12Cl2N2O4S. The fourth-order valence-electron chi connectivity index (χ4n) is 1.79. The highest BCUT2D eigenvalue weighted by atomic mass is 35.5. The van der Waals surface area contributed by atoms with Crippen molar-refractivity contribution < 1.29 is 18.3 Å². The Morgan fingerprint density at radius 2 is 1.87 bits per heavy atom. The van der Waals surface area contributed by atoms with E-state index in [1.54, 1.807) is 0 Å². The lowest BCUT2D eigenvalue weighted by Gasteiger charge is -2.12. The lowest BCUT2D eigenvalue weighted by atomic mass is 10.2. The van der Waals surface area contributed by atoms with Crippen molar-refractivity contribution in [2.24, 2.45) is 0 Å². The Hall–Kier alpha value is -1.96. The molecule has 0 spiro atoms. The Kier molecular flexibility index (Phi) is 5.03. The van der Waals surface area contributed by atoms with Crippen molar-refractivity contribution >= 4 is 50.5 Å². The third-order valence-corrected chi connectivity index (χ3v) is 5.12. The van der Waals surface area contributed by atoms with Crippen LogP contribution < -0.4 is 10.0 Å². The number of benzene rings is 2. The normalized spacial score (nSPS) is 11.1. The van der Waals surface area contributed by atoms with Crippen molar-refractivity contribution in [3.8, 4) is 5.75 Å². The van der Waals surface area contributed by atoms with Crippen LogP contribution >= 0.6 is 23.2 Å². The van der Waals surface area contributed by atoms with Crippen LogP contribution in [0.15, 0.2) is 41.3 Å². The van der Waals surface area contributed by atoms with Crippen LogP contribution in [-0.4, -0.2) is 19.4 Å². The third kappa shape index (κ3) is 4.07. The predicted octanol–water partition coefficient (Wildman–Crippen LogP) is 3.46. The molecule has 1 amide bonds. The van der Waals surface area contributed by atoms with Crippen LogP contribution in [0, 0.1) is 0 Å². The average molecular weight is 375 g/mol. The largest absolute Gasteiger partial charge is 0.506 e. The lowest BCUT2D eigenvalue weighted by molar-refractivity contribution is -0.114. The van der Waals surface area contributed by atoms with Crippen molar-refractivity contribution in [3.05, 3.63) is 46.4 Å². The number of sulfonamides is 1. The van der Waals surface area contributed by atoms with E-state index in [-0.39, 0.29) is 38.0 Å². The number of hydrogen-bond donors (Lipinski definition) is 3. The number of carbonyl (C=O) groups excluding carboxylic acids is 1. The molecule has 0 aromatic heterocycles. The van der Waals surface area contributed by atoms with Gasteiger partial charge in [-0.2, -0.15) is 0 Å². The molecule has 0 unspecified atom stereocenters. The molecule has 0 aliphatic rings. The molecule has 0 fully saturated rings. The highest BCUT2D eigenvalue weighted by molar-refractivity contribution is 7.92. The van der Waals surface area contributed by atoms with Crippen LogP contribution in [0.25, 0.3) is 0 Å². The quantitative estimate of drug-likeness (QED) is 0.714. The Bertz CT molecular complexity index is 869. The molecule has 0 aliphatic heterocycles. The number of rotatable bonds is 4. The number of phenolic OH excluding ortho intramolecular Hbond substituents is 1. The van der Waals surface area contributed by atoms with E-state index in [9.17, 15) is 18.3 Å². The fourth-order valence-corrected chi connectivity index (χ4v) is 3.60. The molecule has 0 aliphatic carbocycles. The summed E-state index contributed by atoms with van der Waals surface area (Å²) in [5.41, 5.74) is 0.272. The van der Waals surface area contributed by atoms with E-state index in [0.717, 1.165) is 0 Å². The van der Waals surface area contributed by atoms with E-state index >= 15 is 0 Å². The fraction of sp³-hybridized carbons (Fsp3) is 0.0714. The SMILES string of the molecule is CC(=O)Nc1ccc(NS(=O)(=O)c2cccc(Cl)c2Cl)cc1O. The minimum Gasteiger partial charge on any atom is -0.506 e. The molecule has 2 aromatic rings. The van der Waals surface area contributed by atoms with Gasteiger partial charge in [0.05, 0.1) is 21.4 Å². The number of phenols is 1. The van der Waals surface area contributed by atoms with Crippen molar-refractivity contribution in [2.75, 3.05) is 10.0 Å². The van der Waals surface area contributed by atoms with E-state index in [4.69, 9.17) is 23.2 Å². The molecule has 2 rings (SSSR count). The molecule has 23 heavy (non-hydrogen) atoms. The molecule has 122 valence electrons. The van der Waals surface area contributed by atoms with E-state index in [2.05, 4.69) is 10.0 Å². The first kappa shape index (κ1) is 17.4. The molecule has 9 heteroatoms. The molecular weight excluding hydrogens is 363 g/mol. The van der Waals surface area contributed by atoms with Gasteiger partial charge in [0, 0.05) is 13.0 Å². The van der Waals surface area contributed by atoms with Gasteiger partial charge in [0.2, 0.25) is 5.91 Å². The maximum absolute atomic E-state index is 12.3. The summed E-state index contributed by atoms with van der Waals surface area (Å²) < 4.78 is 27.0. The summed E-state index contributed by atoms with van der Waals surface area (Å²) in [5.74, 6) is -0.642. The molecule has 0 bridgehead atoms. The Labute approximate surface area is 143 Å². The number of aromatic hydroxyl groups is 1. The van der Waals surface area contributed by atoms with Crippen LogP contribution in [0.4, 0.5) is 11.4 Å². The number of hydrogen-bond acceptors (Lipinski definition) is 4. The van der Waals surface area contributed by atoms with E-state index < -0.39 is 10.0 Å². The first-order valence-corrected chi connectivity index (χ1v) is 8.52.